The molecule has 3 rings (SSSR count). The van der Waals surface area contributed by atoms with E-state index < -0.39 is 11.0 Å². The molecule has 1 unspecified atom stereocenters. The molecule has 0 aliphatic heterocycles. The number of rotatable bonds is 5. The lowest BCUT2D eigenvalue weighted by atomic mass is 9.72. The smallest absolute Gasteiger partial charge is 0.137 e. The maximum Gasteiger partial charge on any atom is 0.137 e. The number of ether oxygens (including phenoxy) is 1. The van der Waals surface area contributed by atoms with Gasteiger partial charge in [-0.3, -0.25) is 0 Å². The van der Waals surface area contributed by atoms with E-state index in [0.29, 0.717) is 27.1 Å². The number of halogens is 2. The number of nitrogens with zero attached hydrogens (tertiary/aromatic N) is 3. The highest BCUT2D eigenvalue weighted by Gasteiger charge is 2.43. The highest BCUT2D eigenvalue weighted by atomic mass is 35.5. The van der Waals surface area contributed by atoms with E-state index in [4.69, 9.17) is 27.9 Å². The van der Waals surface area contributed by atoms with Gasteiger partial charge in [0.05, 0.1) is 11.6 Å². The number of aliphatic hydroxyl groups is 1. The number of benzene rings is 2. The monoisotopic (exact) mass is 405 g/mol. The van der Waals surface area contributed by atoms with Crippen LogP contribution in [0.4, 0.5) is 0 Å². The molecule has 1 N–H and O–H groups in total. The van der Waals surface area contributed by atoms with Gasteiger partial charge in [0.1, 0.15) is 29.8 Å². The van der Waals surface area contributed by atoms with Crippen LogP contribution in [0.2, 0.25) is 10.0 Å². The summed E-state index contributed by atoms with van der Waals surface area (Å²) in [5.41, 5.74) is -1.15. The van der Waals surface area contributed by atoms with Gasteiger partial charge in [-0.05, 0) is 41.8 Å². The van der Waals surface area contributed by atoms with Gasteiger partial charge in [0, 0.05) is 10.6 Å². The maximum atomic E-state index is 11.6. The first-order valence-corrected chi connectivity index (χ1v) is 9.23. The van der Waals surface area contributed by atoms with Crippen LogP contribution < -0.4 is 4.74 Å². The molecule has 0 spiro atoms. The summed E-state index contributed by atoms with van der Waals surface area (Å²) in [6, 6.07) is 12.3. The van der Waals surface area contributed by atoms with E-state index in [1.807, 2.05) is 20.8 Å². The summed E-state index contributed by atoms with van der Waals surface area (Å²) in [6.07, 6.45) is 3.01. The molecule has 1 atom stereocenters. The average Bonchev–Trinajstić information content (AvgIpc) is 3.09. The third kappa shape index (κ3) is 4.26. The second-order valence-electron chi connectivity index (χ2n) is 7.40. The molecular weight excluding hydrogens is 385 g/mol. The molecule has 0 aliphatic rings. The largest absolute Gasteiger partial charge is 0.457 e. The van der Waals surface area contributed by atoms with Crippen LogP contribution in [0.25, 0.3) is 0 Å². The fourth-order valence-electron chi connectivity index (χ4n) is 2.81. The summed E-state index contributed by atoms with van der Waals surface area (Å²) in [6.45, 7) is 6.10. The molecule has 5 nitrogen and oxygen atoms in total. The standard InChI is InChI=1S/C20H21Cl2N3O2/c1-19(2,3)20(26,11-25-13-23-12-24-25)17-9-8-16(10-18(17)22)27-15-6-4-14(21)5-7-15/h4-10,12-13,26H,11H2,1-3H3. The second kappa shape index (κ2) is 7.50. The Kier molecular flexibility index (Phi) is 5.47. The highest BCUT2D eigenvalue weighted by Crippen LogP contribution is 2.44. The molecule has 0 amide bonds. The molecule has 7 heteroatoms. The van der Waals surface area contributed by atoms with E-state index >= 15 is 0 Å². The highest BCUT2D eigenvalue weighted by molar-refractivity contribution is 6.31. The van der Waals surface area contributed by atoms with Gasteiger partial charge in [-0.2, -0.15) is 5.10 Å². The van der Waals surface area contributed by atoms with Crippen molar-refractivity contribution in [1.29, 1.82) is 0 Å². The van der Waals surface area contributed by atoms with Gasteiger partial charge in [-0.25, -0.2) is 9.67 Å². The summed E-state index contributed by atoms with van der Waals surface area (Å²) in [5.74, 6) is 1.22. The minimum Gasteiger partial charge on any atom is -0.457 e. The molecule has 27 heavy (non-hydrogen) atoms. The van der Waals surface area contributed by atoms with Crippen molar-refractivity contribution in [2.75, 3.05) is 0 Å². The number of hydrogen-bond acceptors (Lipinski definition) is 4. The first-order chi connectivity index (χ1) is 12.7. The van der Waals surface area contributed by atoms with Gasteiger partial charge in [0.2, 0.25) is 0 Å². The van der Waals surface area contributed by atoms with Gasteiger partial charge in [-0.1, -0.05) is 50.0 Å². The van der Waals surface area contributed by atoms with E-state index in [0.717, 1.165) is 0 Å². The molecular formula is C20H21Cl2N3O2. The van der Waals surface area contributed by atoms with Gasteiger partial charge in [0.15, 0.2) is 0 Å². The van der Waals surface area contributed by atoms with Crippen molar-refractivity contribution in [2.24, 2.45) is 5.41 Å². The van der Waals surface area contributed by atoms with E-state index in [1.54, 1.807) is 53.5 Å². The Morgan fingerprint density at radius 1 is 1.04 bits per heavy atom. The first-order valence-electron chi connectivity index (χ1n) is 8.47. The number of hydrogen-bond donors (Lipinski definition) is 1. The van der Waals surface area contributed by atoms with E-state index in [1.165, 1.54) is 6.33 Å². The quantitative estimate of drug-likeness (QED) is 0.624. The van der Waals surface area contributed by atoms with Crippen molar-refractivity contribution in [1.82, 2.24) is 14.8 Å². The molecule has 0 saturated carbocycles. The Morgan fingerprint density at radius 2 is 1.70 bits per heavy atom. The number of aromatic nitrogens is 3. The molecule has 1 heterocycles. The Balaban J connectivity index is 1.93. The summed E-state index contributed by atoms with van der Waals surface area (Å²) >= 11 is 12.4. The van der Waals surface area contributed by atoms with Crippen molar-refractivity contribution in [3.63, 3.8) is 0 Å². The summed E-state index contributed by atoms with van der Waals surface area (Å²) < 4.78 is 7.42. The average molecular weight is 406 g/mol. The third-order valence-corrected chi connectivity index (χ3v) is 5.10. The van der Waals surface area contributed by atoms with E-state index in [-0.39, 0.29) is 6.54 Å². The van der Waals surface area contributed by atoms with E-state index in [9.17, 15) is 5.11 Å². The maximum absolute atomic E-state index is 11.6. The lowest BCUT2D eigenvalue weighted by Crippen LogP contribution is -2.44. The molecule has 0 bridgehead atoms. The molecule has 142 valence electrons. The third-order valence-electron chi connectivity index (χ3n) is 4.53. The molecule has 0 saturated heterocycles. The predicted octanol–water partition coefficient (Wildman–Crippen LogP) is 5.31. The fraction of sp³-hybridized carbons (Fsp3) is 0.300. The van der Waals surface area contributed by atoms with Gasteiger partial charge in [0.25, 0.3) is 0 Å². The molecule has 2 aromatic carbocycles. The van der Waals surface area contributed by atoms with Crippen LogP contribution in [-0.4, -0.2) is 19.9 Å². The Labute approximate surface area is 168 Å². The first kappa shape index (κ1) is 19.7. The zero-order valence-electron chi connectivity index (χ0n) is 15.4. The molecule has 1 aromatic heterocycles. The SMILES string of the molecule is CC(C)(C)C(O)(Cn1cncn1)c1ccc(Oc2ccc(Cl)cc2)cc1Cl. The topological polar surface area (TPSA) is 60.2 Å². The zero-order chi connectivity index (χ0) is 19.7. The Hall–Kier alpha value is -2.08. The van der Waals surface area contributed by atoms with Crippen LogP contribution in [0.15, 0.2) is 55.1 Å². The zero-order valence-corrected chi connectivity index (χ0v) is 16.9. The Morgan fingerprint density at radius 3 is 2.26 bits per heavy atom. The normalized spacial score (nSPS) is 14.0. The minimum absolute atomic E-state index is 0.230. The van der Waals surface area contributed by atoms with Crippen molar-refractivity contribution < 1.29 is 9.84 Å². The lowest BCUT2D eigenvalue weighted by molar-refractivity contribution is -0.0804. The van der Waals surface area contributed by atoms with Crippen LogP contribution in [0.5, 0.6) is 11.5 Å². The van der Waals surface area contributed by atoms with Crippen molar-refractivity contribution in [3.8, 4) is 11.5 Å². The van der Waals surface area contributed by atoms with Crippen LogP contribution in [0.1, 0.15) is 26.3 Å². The molecule has 0 aliphatic carbocycles. The van der Waals surface area contributed by atoms with Crippen molar-refractivity contribution >= 4 is 23.2 Å². The van der Waals surface area contributed by atoms with Crippen molar-refractivity contribution in [3.05, 3.63) is 70.7 Å². The van der Waals surface area contributed by atoms with Crippen LogP contribution in [0, 0.1) is 5.41 Å². The van der Waals surface area contributed by atoms with Crippen LogP contribution >= 0.6 is 23.2 Å². The van der Waals surface area contributed by atoms with Gasteiger partial charge >= 0.3 is 0 Å². The summed E-state index contributed by atoms with van der Waals surface area (Å²) in [4.78, 5) is 3.95. The predicted molar refractivity (Wildman–Crippen MR) is 106 cm³/mol. The van der Waals surface area contributed by atoms with Crippen LogP contribution in [-0.2, 0) is 12.1 Å². The summed E-state index contributed by atoms with van der Waals surface area (Å²) in [5, 5.41) is 16.7. The fourth-order valence-corrected chi connectivity index (χ4v) is 3.26. The molecule has 0 fully saturated rings. The van der Waals surface area contributed by atoms with E-state index in [2.05, 4.69) is 10.1 Å². The van der Waals surface area contributed by atoms with Crippen LogP contribution in [0.3, 0.4) is 0 Å². The van der Waals surface area contributed by atoms with Crippen molar-refractivity contribution in [2.45, 2.75) is 32.9 Å². The Bertz CT molecular complexity index is 906. The van der Waals surface area contributed by atoms with Gasteiger partial charge < -0.3 is 9.84 Å². The second-order valence-corrected chi connectivity index (χ2v) is 8.24. The lowest BCUT2D eigenvalue weighted by Gasteiger charge is -2.41. The molecule has 3 aromatic rings. The minimum atomic E-state index is -1.25. The van der Waals surface area contributed by atoms with Gasteiger partial charge in [-0.15, -0.1) is 0 Å². The molecule has 0 radical (unpaired) electrons. The summed E-state index contributed by atoms with van der Waals surface area (Å²) in [7, 11) is 0.